The Morgan fingerprint density at radius 2 is 1.94 bits per heavy atom. The second-order valence-electron chi connectivity index (χ2n) is 7.91. The summed E-state index contributed by atoms with van der Waals surface area (Å²) in [7, 11) is 1.28. The molecule has 2 aromatic carbocycles. The van der Waals surface area contributed by atoms with Crippen LogP contribution in [0.25, 0.3) is 10.2 Å². The Bertz CT molecular complexity index is 1480. The van der Waals surface area contributed by atoms with E-state index in [9.17, 15) is 19.5 Å². The molecular formula is C26H20N2O6S. The number of aliphatic hydroxyl groups excluding tert-OH is 1. The Balaban J connectivity index is 1.65. The number of fused-ring (bicyclic) bond motifs is 1. The molecule has 1 atom stereocenters. The predicted octanol–water partition coefficient (Wildman–Crippen LogP) is 5.02. The average molecular weight is 489 g/mol. The van der Waals surface area contributed by atoms with E-state index in [0.717, 1.165) is 16.7 Å². The van der Waals surface area contributed by atoms with Gasteiger partial charge in [-0.1, -0.05) is 36.5 Å². The number of carbonyl (C=O) groups excluding carboxylic acids is 3. The normalized spacial score (nSPS) is 15.8. The number of ether oxygens (including phenoxy) is 1. The smallest absolute Gasteiger partial charge is 0.337 e. The number of nitrogens with zero attached hydrogens (tertiary/aromatic N) is 2. The number of aliphatic hydroxyl groups is 1. The third-order valence-corrected chi connectivity index (χ3v) is 6.92. The highest BCUT2D eigenvalue weighted by molar-refractivity contribution is 7.22. The standard InChI is InChI=1S/C26H20N2O6S/c1-3-14-6-11-17-19(13-14)35-26(27-17)28-21(15-7-9-16(10-8-15)25(32)33-2)20(23(30)24(28)31)22(29)18-5-4-12-34-18/h4-13,21,30H,3H2,1-2H3/t21-/m1/s1. The number of furan rings is 1. The molecule has 1 aliphatic heterocycles. The van der Waals surface area contributed by atoms with Crippen molar-refractivity contribution in [2.75, 3.05) is 12.0 Å². The third kappa shape index (κ3) is 3.79. The fourth-order valence-corrected chi connectivity index (χ4v) is 5.15. The summed E-state index contributed by atoms with van der Waals surface area (Å²) in [6.07, 6.45) is 2.20. The number of ketones is 1. The molecule has 0 unspecified atom stereocenters. The van der Waals surface area contributed by atoms with E-state index in [1.54, 1.807) is 30.3 Å². The number of carbonyl (C=O) groups is 3. The summed E-state index contributed by atoms with van der Waals surface area (Å²) < 4.78 is 10.9. The van der Waals surface area contributed by atoms with Gasteiger partial charge in [0.25, 0.3) is 5.91 Å². The monoisotopic (exact) mass is 488 g/mol. The Hall–Kier alpha value is -4.24. The van der Waals surface area contributed by atoms with Crippen LogP contribution in [-0.2, 0) is 16.0 Å². The molecular weight excluding hydrogens is 468 g/mol. The topological polar surface area (TPSA) is 110 Å². The first-order chi connectivity index (χ1) is 16.9. The summed E-state index contributed by atoms with van der Waals surface area (Å²) in [6, 6.07) is 14.2. The van der Waals surface area contributed by atoms with Gasteiger partial charge in [0.05, 0.1) is 40.8 Å². The van der Waals surface area contributed by atoms with Gasteiger partial charge in [-0.25, -0.2) is 9.78 Å². The van der Waals surface area contributed by atoms with Gasteiger partial charge in [-0.2, -0.15) is 0 Å². The van der Waals surface area contributed by atoms with Crippen LogP contribution in [0.2, 0.25) is 0 Å². The van der Waals surface area contributed by atoms with Crippen LogP contribution in [-0.4, -0.2) is 34.9 Å². The number of benzene rings is 2. The summed E-state index contributed by atoms with van der Waals surface area (Å²) >= 11 is 1.30. The molecule has 8 nitrogen and oxygen atoms in total. The molecule has 1 N–H and O–H groups in total. The maximum Gasteiger partial charge on any atom is 0.337 e. The van der Waals surface area contributed by atoms with Crippen LogP contribution < -0.4 is 4.90 Å². The summed E-state index contributed by atoms with van der Waals surface area (Å²) in [4.78, 5) is 44.5. The maximum absolute atomic E-state index is 13.3. The minimum atomic E-state index is -0.974. The highest BCUT2D eigenvalue weighted by Gasteiger charge is 2.46. The summed E-state index contributed by atoms with van der Waals surface area (Å²) in [5.41, 5.74) is 2.54. The predicted molar refractivity (Wildman–Crippen MR) is 130 cm³/mol. The van der Waals surface area contributed by atoms with E-state index in [0.29, 0.717) is 21.8 Å². The summed E-state index contributed by atoms with van der Waals surface area (Å²) in [5, 5.41) is 11.2. The van der Waals surface area contributed by atoms with Crippen LogP contribution in [0.5, 0.6) is 0 Å². The van der Waals surface area contributed by atoms with E-state index in [1.165, 1.54) is 35.7 Å². The van der Waals surface area contributed by atoms with E-state index in [-0.39, 0.29) is 11.3 Å². The van der Waals surface area contributed by atoms with Crippen molar-refractivity contribution in [3.63, 3.8) is 0 Å². The van der Waals surface area contributed by atoms with Gasteiger partial charge in [0.15, 0.2) is 16.7 Å². The molecule has 0 saturated heterocycles. The fourth-order valence-electron chi connectivity index (χ4n) is 4.09. The lowest BCUT2D eigenvalue weighted by Gasteiger charge is -2.24. The average Bonchev–Trinajstić information content (AvgIpc) is 3.61. The van der Waals surface area contributed by atoms with Crippen molar-refractivity contribution < 1.29 is 28.6 Å². The molecule has 1 amide bonds. The number of rotatable bonds is 6. The molecule has 9 heteroatoms. The second kappa shape index (κ2) is 8.84. The number of aromatic nitrogens is 1. The number of thiazole rings is 1. The van der Waals surface area contributed by atoms with E-state index < -0.39 is 29.5 Å². The Labute approximate surface area is 204 Å². The first-order valence-corrected chi connectivity index (χ1v) is 11.7. The molecule has 35 heavy (non-hydrogen) atoms. The molecule has 2 aromatic heterocycles. The number of hydrogen-bond acceptors (Lipinski definition) is 8. The lowest BCUT2D eigenvalue weighted by atomic mass is 9.94. The number of anilines is 1. The number of aryl methyl sites for hydroxylation is 1. The van der Waals surface area contributed by atoms with Crippen molar-refractivity contribution in [1.29, 1.82) is 0 Å². The maximum atomic E-state index is 13.3. The third-order valence-electron chi connectivity index (χ3n) is 5.90. The first kappa shape index (κ1) is 22.5. The zero-order valence-electron chi connectivity index (χ0n) is 18.8. The van der Waals surface area contributed by atoms with Crippen LogP contribution in [0.15, 0.2) is 76.6 Å². The molecule has 0 radical (unpaired) electrons. The SMILES string of the molecule is CCc1ccc2nc(N3C(=O)C(O)=C(C(=O)c4ccco4)[C@H]3c3ccc(C(=O)OC)cc3)sc2c1. The van der Waals surface area contributed by atoms with E-state index in [1.807, 2.05) is 18.2 Å². The second-order valence-corrected chi connectivity index (χ2v) is 8.92. The van der Waals surface area contributed by atoms with Gasteiger partial charge < -0.3 is 14.3 Å². The van der Waals surface area contributed by atoms with Crippen molar-refractivity contribution in [3.8, 4) is 0 Å². The molecule has 5 rings (SSSR count). The Morgan fingerprint density at radius 3 is 2.60 bits per heavy atom. The number of hydrogen-bond donors (Lipinski definition) is 1. The van der Waals surface area contributed by atoms with Crippen LogP contribution in [0.3, 0.4) is 0 Å². The Kier molecular flexibility index (Phi) is 5.70. The largest absolute Gasteiger partial charge is 0.503 e. The highest BCUT2D eigenvalue weighted by Crippen LogP contribution is 2.44. The minimum Gasteiger partial charge on any atom is -0.503 e. The van der Waals surface area contributed by atoms with Crippen LogP contribution >= 0.6 is 11.3 Å². The number of Topliss-reactive ketones (excluding diaryl/α,β-unsaturated/α-hetero) is 1. The zero-order valence-corrected chi connectivity index (χ0v) is 19.7. The van der Waals surface area contributed by atoms with Crippen molar-refractivity contribution in [2.24, 2.45) is 0 Å². The minimum absolute atomic E-state index is 0.00531. The molecule has 1 aliphatic rings. The summed E-state index contributed by atoms with van der Waals surface area (Å²) in [5.74, 6) is -2.54. The first-order valence-electron chi connectivity index (χ1n) is 10.9. The van der Waals surface area contributed by atoms with Gasteiger partial charge in [0.2, 0.25) is 5.78 Å². The van der Waals surface area contributed by atoms with E-state index in [4.69, 9.17) is 9.15 Å². The number of methoxy groups -OCH3 is 1. The fraction of sp³-hybridized carbons (Fsp3) is 0.154. The zero-order chi connectivity index (χ0) is 24.7. The van der Waals surface area contributed by atoms with Gasteiger partial charge >= 0.3 is 5.97 Å². The molecule has 0 aliphatic carbocycles. The van der Waals surface area contributed by atoms with E-state index >= 15 is 0 Å². The van der Waals surface area contributed by atoms with Crippen LogP contribution in [0.1, 0.15) is 45.0 Å². The molecule has 0 saturated carbocycles. The van der Waals surface area contributed by atoms with Gasteiger partial charge in [-0.15, -0.1) is 0 Å². The number of esters is 1. The highest BCUT2D eigenvalue weighted by atomic mass is 32.1. The van der Waals surface area contributed by atoms with Crippen molar-refractivity contribution in [1.82, 2.24) is 4.98 Å². The molecule has 3 heterocycles. The molecule has 0 spiro atoms. The number of amides is 1. The Morgan fingerprint density at radius 1 is 1.17 bits per heavy atom. The van der Waals surface area contributed by atoms with Gasteiger partial charge in [-0.3, -0.25) is 14.5 Å². The van der Waals surface area contributed by atoms with Crippen LogP contribution in [0.4, 0.5) is 5.13 Å². The van der Waals surface area contributed by atoms with E-state index in [2.05, 4.69) is 11.9 Å². The summed E-state index contributed by atoms with van der Waals surface area (Å²) in [6.45, 7) is 2.05. The van der Waals surface area contributed by atoms with Crippen molar-refractivity contribution >= 4 is 44.3 Å². The quantitative estimate of drug-likeness (QED) is 0.300. The lowest BCUT2D eigenvalue weighted by Crippen LogP contribution is -2.31. The molecule has 4 aromatic rings. The molecule has 176 valence electrons. The van der Waals surface area contributed by atoms with Crippen LogP contribution in [0, 0.1) is 0 Å². The molecule has 0 bridgehead atoms. The van der Waals surface area contributed by atoms with Gasteiger partial charge in [0, 0.05) is 0 Å². The van der Waals surface area contributed by atoms with Gasteiger partial charge in [-0.05, 0) is 53.9 Å². The van der Waals surface area contributed by atoms with Crippen molar-refractivity contribution in [2.45, 2.75) is 19.4 Å². The molecule has 0 fully saturated rings. The van der Waals surface area contributed by atoms with Gasteiger partial charge in [0.1, 0.15) is 0 Å². The van der Waals surface area contributed by atoms with Crippen molar-refractivity contribution in [3.05, 3.63) is 94.6 Å². The lowest BCUT2D eigenvalue weighted by molar-refractivity contribution is -0.117.